The Kier molecular flexibility index (Phi) is 4.28. The largest absolute Gasteiger partial charge is 0.356 e. The van der Waals surface area contributed by atoms with Crippen molar-refractivity contribution in [3.63, 3.8) is 0 Å². The summed E-state index contributed by atoms with van der Waals surface area (Å²) in [6, 6.07) is 9.90. The number of thiophene rings is 1. The lowest BCUT2D eigenvalue weighted by Crippen LogP contribution is -2.56. The van der Waals surface area contributed by atoms with E-state index in [2.05, 4.69) is 28.9 Å². The molecule has 25 heavy (non-hydrogen) atoms. The number of piperidine rings is 1. The molecule has 1 unspecified atom stereocenters. The molecule has 0 aliphatic carbocycles. The van der Waals surface area contributed by atoms with Crippen molar-refractivity contribution in [3.8, 4) is 0 Å². The van der Waals surface area contributed by atoms with Gasteiger partial charge in [-0.05, 0) is 37.6 Å². The third-order valence-electron chi connectivity index (χ3n) is 5.55. The Labute approximate surface area is 151 Å². The molecule has 3 nitrogen and oxygen atoms in total. The molecule has 4 heterocycles. The number of nitrogens with zero attached hydrogens (tertiary/aromatic N) is 3. The van der Waals surface area contributed by atoms with E-state index in [-0.39, 0.29) is 6.42 Å². The zero-order chi connectivity index (χ0) is 17.5. The minimum absolute atomic E-state index is 0.0482. The summed E-state index contributed by atoms with van der Waals surface area (Å²) in [5.74, 6) is -1.81. The maximum atomic E-state index is 14.9. The first-order valence-corrected chi connectivity index (χ1v) is 9.61. The molecular weight excluding hydrogens is 340 g/mol. The average Bonchev–Trinajstić information content (AvgIpc) is 3.20. The number of likely N-dealkylation sites (tertiary alicyclic amines) is 1. The van der Waals surface area contributed by atoms with Crippen LogP contribution < -0.4 is 4.90 Å². The van der Waals surface area contributed by atoms with Gasteiger partial charge in [-0.25, -0.2) is 13.8 Å². The van der Waals surface area contributed by atoms with Crippen LogP contribution in [0.15, 0.2) is 36.5 Å². The lowest BCUT2D eigenvalue weighted by atomic mass is 9.75. The molecule has 0 radical (unpaired) electrons. The van der Waals surface area contributed by atoms with E-state index in [1.165, 1.54) is 9.75 Å². The summed E-state index contributed by atoms with van der Waals surface area (Å²) in [6.45, 7) is 4.83. The third kappa shape index (κ3) is 3.17. The van der Waals surface area contributed by atoms with Crippen molar-refractivity contribution in [2.75, 3.05) is 31.1 Å². The minimum Gasteiger partial charge on any atom is -0.356 e. The van der Waals surface area contributed by atoms with Crippen LogP contribution in [0, 0.1) is 12.3 Å². The van der Waals surface area contributed by atoms with Crippen molar-refractivity contribution in [2.24, 2.45) is 5.41 Å². The van der Waals surface area contributed by atoms with E-state index in [0.717, 1.165) is 12.4 Å². The normalized spacial score (nSPS) is 26.4. The Morgan fingerprint density at radius 2 is 2.00 bits per heavy atom. The highest BCUT2D eigenvalue weighted by Crippen LogP contribution is 2.50. The van der Waals surface area contributed by atoms with Gasteiger partial charge < -0.3 is 4.90 Å². The summed E-state index contributed by atoms with van der Waals surface area (Å²) in [5.41, 5.74) is -0.963. The number of halogens is 2. The van der Waals surface area contributed by atoms with Gasteiger partial charge in [0.15, 0.2) is 0 Å². The lowest BCUT2D eigenvalue weighted by Gasteiger charge is -2.45. The Hall–Kier alpha value is -1.53. The van der Waals surface area contributed by atoms with Gasteiger partial charge in [-0.3, -0.25) is 4.90 Å². The summed E-state index contributed by atoms with van der Waals surface area (Å²) < 4.78 is 29.8. The van der Waals surface area contributed by atoms with Gasteiger partial charge in [0.1, 0.15) is 5.82 Å². The molecule has 2 aromatic heterocycles. The van der Waals surface area contributed by atoms with Crippen LogP contribution in [0.4, 0.5) is 14.6 Å². The van der Waals surface area contributed by atoms with E-state index in [4.69, 9.17) is 0 Å². The molecule has 0 aromatic carbocycles. The summed E-state index contributed by atoms with van der Waals surface area (Å²) in [5, 5.41) is 0. The van der Waals surface area contributed by atoms with Crippen LogP contribution in [-0.2, 0) is 6.54 Å². The number of hydrogen-bond acceptors (Lipinski definition) is 4. The fourth-order valence-electron chi connectivity index (χ4n) is 4.15. The van der Waals surface area contributed by atoms with Crippen LogP contribution in [0.25, 0.3) is 0 Å². The molecule has 2 fully saturated rings. The van der Waals surface area contributed by atoms with Crippen LogP contribution in [-0.4, -0.2) is 42.0 Å². The van der Waals surface area contributed by atoms with Crippen molar-refractivity contribution < 1.29 is 8.78 Å². The molecule has 2 aliphatic heterocycles. The number of pyridine rings is 1. The van der Waals surface area contributed by atoms with Crippen molar-refractivity contribution >= 4 is 17.2 Å². The first kappa shape index (κ1) is 16.9. The van der Waals surface area contributed by atoms with Crippen LogP contribution in [0.3, 0.4) is 0 Å². The Morgan fingerprint density at radius 1 is 1.12 bits per heavy atom. The van der Waals surface area contributed by atoms with Crippen LogP contribution in [0.5, 0.6) is 0 Å². The predicted molar refractivity (Wildman–Crippen MR) is 97.4 cm³/mol. The first-order chi connectivity index (χ1) is 12.0. The Morgan fingerprint density at radius 3 is 2.72 bits per heavy atom. The van der Waals surface area contributed by atoms with Crippen LogP contribution >= 0.6 is 11.3 Å². The Bertz CT molecular complexity index is 733. The molecule has 0 saturated carbocycles. The average molecular weight is 363 g/mol. The maximum absolute atomic E-state index is 14.9. The molecule has 134 valence electrons. The molecule has 2 saturated heterocycles. The number of hydrogen-bond donors (Lipinski definition) is 0. The molecule has 6 heteroatoms. The van der Waals surface area contributed by atoms with E-state index >= 15 is 0 Å². The summed E-state index contributed by atoms with van der Waals surface area (Å²) in [4.78, 5) is 11.1. The molecular formula is C19H23F2N3S. The van der Waals surface area contributed by atoms with Gasteiger partial charge in [-0.15, -0.1) is 11.3 Å². The van der Waals surface area contributed by atoms with E-state index in [0.29, 0.717) is 32.6 Å². The van der Waals surface area contributed by atoms with E-state index in [9.17, 15) is 8.78 Å². The van der Waals surface area contributed by atoms with Crippen molar-refractivity contribution in [1.82, 2.24) is 9.88 Å². The smallest absolute Gasteiger partial charge is 0.257 e. The highest BCUT2D eigenvalue weighted by Gasteiger charge is 2.59. The molecule has 2 aromatic rings. The quantitative estimate of drug-likeness (QED) is 0.815. The maximum Gasteiger partial charge on any atom is 0.257 e. The van der Waals surface area contributed by atoms with E-state index < -0.39 is 11.3 Å². The number of aryl methyl sites for hydroxylation is 1. The van der Waals surface area contributed by atoms with Crippen molar-refractivity contribution in [1.29, 1.82) is 0 Å². The van der Waals surface area contributed by atoms with Gasteiger partial charge in [-0.2, -0.15) is 0 Å². The number of rotatable bonds is 3. The predicted octanol–water partition coefficient (Wildman–Crippen LogP) is 4.19. The number of anilines is 1. The summed E-state index contributed by atoms with van der Waals surface area (Å²) >= 11 is 1.76. The van der Waals surface area contributed by atoms with E-state index in [1.54, 1.807) is 17.5 Å². The molecule has 0 bridgehead atoms. The van der Waals surface area contributed by atoms with Gasteiger partial charge in [0, 0.05) is 55.1 Å². The molecule has 2 aliphatic rings. The van der Waals surface area contributed by atoms with Crippen LogP contribution in [0.1, 0.15) is 22.6 Å². The van der Waals surface area contributed by atoms with Gasteiger partial charge in [0.05, 0.1) is 5.41 Å². The molecule has 1 spiro atoms. The van der Waals surface area contributed by atoms with Crippen molar-refractivity contribution in [3.05, 3.63) is 46.3 Å². The molecule has 4 rings (SSSR count). The number of aromatic nitrogens is 1. The SMILES string of the molecule is Cc1ccc(CN2CCC(F)(F)C3(CCN(c4ccccn4)C3)C2)s1. The Balaban J connectivity index is 1.52. The van der Waals surface area contributed by atoms with Gasteiger partial charge >= 0.3 is 0 Å². The minimum atomic E-state index is -2.61. The zero-order valence-corrected chi connectivity index (χ0v) is 15.2. The monoisotopic (exact) mass is 363 g/mol. The number of alkyl halides is 2. The summed E-state index contributed by atoms with van der Waals surface area (Å²) in [6.07, 6.45) is 2.20. The second kappa shape index (κ2) is 6.32. The van der Waals surface area contributed by atoms with Gasteiger partial charge in [-0.1, -0.05) is 6.07 Å². The molecule has 0 amide bonds. The molecule has 1 atom stereocenters. The van der Waals surface area contributed by atoms with Crippen molar-refractivity contribution in [2.45, 2.75) is 32.2 Å². The second-order valence-corrected chi connectivity index (χ2v) is 8.69. The summed E-state index contributed by atoms with van der Waals surface area (Å²) in [7, 11) is 0. The van der Waals surface area contributed by atoms with Gasteiger partial charge in [0.25, 0.3) is 5.92 Å². The van der Waals surface area contributed by atoms with Crippen LogP contribution in [0.2, 0.25) is 0 Å². The van der Waals surface area contributed by atoms with Gasteiger partial charge in [0.2, 0.25) is 0 Å². The highest BCUT2D eigenvalue weighted by atomic mass is 32.1. The topological polar surface area (TPSA) is 19.4 Å². The van der Waals surface area contributed by atoms with E-state index in [1.807, 2.05) is 23.1 Å². The highest BCUT2D eigenvalue weighted by molar-refractivity contribution is 7.11. The standard InChI is InChI=1S/C19H23F2N3S/c1-15-5-6-16(25-15)12-23-10-8-19(20,21)18(13-23)7-11-24(14-18)17-4-2-3-9-22-17/h2-6,9H,7-8,10-14H2,1H3. The second-order valence-electron chi connectivity index (χ2n) is 7.32. The molecule has 0 N–H and O–H groups in total. The lowest BCUT2D eigenvalue weighted by molar-refractivity contribution is -0.158. The zero-order valence-electron chi connectivity index (χ0n) is 14.4. The fraction of sp³-hybridized carbons (Fsp3) is 0.526. The third-order valence-corrected chi connectivity index (χ3v) is 6.53. The first-order valence-electron chi connectivity index (χ1n) is 8.79. The fourth-order valence-corrected chi connectivity index (χ4v) is 5.08.